The van der Waals surface area contributed by atoms with E-state index in [1.165, 1.54) is 33.1 Å². The van der Waals surface area contributed by atoms with Gasteiger partial charge in [-0.3, -0.25) is 4.79 Å². The van der Waals surface area contributed by atoms with Crippen molar-refractivity contribution in [2.75, 3.05) is 5.32 Å². The van der Waals surface area contributed by atoms with Crippen LogP contribution in [0.25, 0.3) is 0 Å². The number of aromatic nitrogens is 2. The summed E-state index contributed by atoms with van der Waals surface area (Å²) in [6.07, 6.45) is 5.81. The van der Waals surface area contributed by atoms with Gasteiger partial charge >= 0.3 is 0 Å². The molecule has 0 saturated heterocycles. The maximum atomic E-state index is 13.0. The average molecular weight is 401 g/mol. The molecule has 8 nitrogen and oxygen atoms in total. The van der Waals surface area contributed by atoms with E-state index in [1.54, 1.807) is 0 Å². The largest absolute Gasteiger partial charge is 0.461 e. The first-order valence-corrected chi connectivity index (χ1v) is 11.2. The van der Waals surface area contributed by atoms with E-state index in [1.807, 2.05) is 0 Å². The molecule has 9 heteroatoms. The lowest BCUT2D eigenvalue weighted by atomic mass is 9.94. The zero-order valence-electron chi connectivity index (χ0n) is 15.7. The number of benzene rings is 1. The molecule has 28 heavy (non-hydrogen) atoms. The summed E-state index contributed by atoms with van der Waals surface area (Å²) in [5.41, 5.74) is 6.19. The van der Waals surface area contributed by atoms with Crippen LogP contribution in [0.1, 0.15) is 47.9 Å². The quantitative estimate of drug-likeness (QED) is 0.729. The number of hydrogen-bond acceptors (Lipinski definition) is 5. The van der Waals surface area contributed by atoms with E-state index in [2.05, 4.69) is 23.4 Å². The molecule has 1 amide bonds. The Labute approximate surface area is 163 Å². The number of amides is 1. The van der Waals surface area contributed by atoms with Gasteiger partial charge in [-0.05, 0) is 60.3 Å². The highest BCUT2D eigenvalue weighted by Gasteiger charge is 2.36. The van der Waals surface area contributed by atoms with Crippen molar-refractivity contribution >= 4 is 21.5 Å². The maximum Gasteiger partial charge on any atom is 0.267 e. The number of nitrogens with one attached hydrogen (secondary N) is 2. The normalized spacial score (nSPS) is 24.2. The van der Waals surface area contributed by atoms with Gasteiger partial charge in [0.15, 0.2) is 6.10 Å². The van der Waals surface area contributed by atoms with Gasteiger partial charge in [-0.15, -0.1) is 0 Å². The average Bonchev–Trinajstić information content (AvgIpc) is 3.36. The van der Waals surface area contributed by atoms with Crippen LogP contribution in [0.3, 0.4) is 0 Å². The monoisotopic (exact) mass is 401 g/mol. The number of ether oxygens (including phenoxy) is 1. The van der Waals surface area contributed by atoms with E-state index >= 15 is 0 Å². The Kier molecular flexibility index (Phi) is 3.82. The third-order valence-electron chi connectivity index (χ3n) is 6.09. The van der Waals surface area contributed by atoms with Crippen LogP contribution in [0.2, 0.25) is 0 Å². The number of fused-ring (bicyclic) bond motifs is 3. The molecule has 1 aliphatic heterocycles. The zero-order chi connectivity index (χ0) is 19.6. The van der Waals surface area contributed by atoms with Gasteiger partial charge in [0.1, 0.15) is 14.8 Å². The predicted molar refractivity (Wildman–Crippen MR) is 104 cm³/mol. The van der Waals surface area contributed by atoms with Crippen molar-refractivity contribution in [3.8, 4) is 5.88 Å². The van der Waals surface area contributed by atoms with Crippen LogP contribution in [0.15, 0.2) is 17.2 Å². The number of hydrogen-bond donors (Lipinski definition) is 3. The van der Waals surface area contributed by atoms with Crippen molar-refractivity contribution in [2.45, 2.75) is 62.5 Å². The Bertz CT molecular complexity index is 1110. The Hall–Kier alpha value is -2.39. The summed E-state index contributed by atoms with van der Waals surface area (Å²) < 4.78 is 26.6. The Morgan fingerprint density at radius 1 is 1.39 bits per heavy atom. The Morgan fingerprint density at radius 2 is 2.21 bits per heavy atom. The predicted octanol–water partition coefficient (Wildman–Crippen LogP) is 2.10. The fourth-order valence-electron chi connectivity index (χ4n) is 4.74. The second kappa shape index (κ2) is 6.05. The number of carbonyl (C=O) groups is 1. The summed E-state index contributed by atoms with van der Waals surface area (Å²) in [6.45, 7) is 2.42. The highest BCUT2D eigenvalue weighted by atomic mass is 32.2. The SMILES string of the molecule is C[C@@H]1CCc2cc3c(c(NC(=O)C4Cn5ncc(S(=N)(N)=O)c5O4)c21)CCC3. The van der Waals surface area contributed by atoms with Gasteiger partial charge in [-0.2, -0.15) is 5.10 Å². The molecule has 1 aromatic carbocycles. The van der Waals surface area contributed by atoms with E-state index in [0.29, 0.717) is 5.92 Å². The lowest BCUT2D eigenvalue weighted by molar-refractivity contribution is -0.122. The van der Waals surface area contributed by atoms with Crippen molar-refractivity contribution in [3.63, 3.8) is 0 Å². The van der Waals surface area contributed by atoms with Gasteiger partial charge in [0.25, 0.3) is 5.91 Å². The summed E-state index contributed by atoms with van der Waals surface area (Å²) in [7, 11) is -3.46. The van der Waals surface area contributed by atoms with E-state index in [9.17, 15) is 9.00 Å². The molecule has 0 fully saturated rings. The van der Waals surface area contributed by atoms with Crippen molar-refractivity contribution in [2.24, 2.45) is 5.14 Å². The van der Waals surface area contributed by atoms with E-state index in [-0.39, 0.29) is 23.2 Å². The molecule has 3 atom stereocenters. The topological polar surface area (TPSA) is 123 Å². The van der Waals surface area contributed by atoms with Gasteiger partial charge in [-0.1, -0.05) is 13.0 Å². The molecule has 2 unspecified atom stereocenters. The maximum absolute atomic E-state index is 13.0. The number of nitrogens with two attached hydrogens (primary N) is 1. The number of carbonyl (C=O) groups excluding carboxylic acids is 1. The van der Waals surface area contributed by atoms with E-state index in [0.717, 1.165) is 37.8 Å². The lowest BCUT2D eigenvalue weighted by Crippen LogP contribution is -2.33. The molecule has 148 valence electrons. The molecule has 1 aromatic heterocycles. The lowest BCUT2D eigenvalue weighted by Gasteiger charge is -2.20. The second-order valence-electron chi connectivity index (χ2n) is 7.95. The number of nitrogens with zero attached hydrogens (tertiary/aromatic N) is 2. The number of aryl methyl sites for hydroxylation is 2. The molecule has 0 saturated carbocycles. The summed E-state index contributed by atoms with van der Waals surface area (Å²) in [5, 5.41) is 12.6. The molecule has 0 radical (unpaired) electrons. The third-order valence-corrected chi connectivity index (χ3v) is 7.02. The molecule has 2 aliphatic carbocycles. The third kappa shape index (κ3) is 2.64. The van der Waals surface area contributed by atoms with Gasteiger partial charge in [-0.25, -0.2) is 18.8 Å². The molecular weight excluding hydrogens is 378 g/mol. The van der Waals surface area contributed by atoms with Crippen LogP contribution in [0.4, 0.5) is 5.69 Å². The Morgan fingerprint density at radius 3 is 3.00 bits per heavy atom. The van der Waals surface area contributed by atoms with Gasteiger partial charge < -0.3 is 10.1 Å². The molecule has 3 aliphatic rings. The standard InChI is InChI=1S/C19H23N5O3S/c1-10-5-6-12-7-11-3-2-4-13(11)17(16(10)12)23-18(25)14-9-24-19(27-14)15(8-22-24)28(20,21)26/h7-8,10,14H,2-6,9H2,1H3,(H,23,25)(H3,20,21,26)/t10-,14?/m1/s1. The summed E-state index contributed by atoms with van der Waals surface area (Å²) >= 11 is 0. The van der Waals surface area contributed by atoms with Gasteiger partial charge in [0, 0.05) is 5.69 Å². The van der Waals surface area contributed by atoms with Crippen LogP contribution in [-0.4, -0.2) is 26.0 Å². The zero-order valence-corrected chi connectivity index (χ0v) is 16.5. The highest BCUT2D eigenvalue weighted by molar-refractivity contribution is 7.90. The molecule has 4 N–H and O–H groups in total. The van der Waals surface area contributed by atoms with Crippen molar-refractivity contribution in [3.05, 3.63) is 34.5 Å². The van der Waals surface area contributed by atoms with Crippen LogP contribution in [0.5, 0.6) is 5.88 Å². The van der Waals surface area contributed by atoms with Crippen LogP contribution in [-0.2, 0) is 40.5 Å². The van der Waals surface area contributed by atoms with Crippen LogP contribution >= 0.6 is 0 Å². The summed E-state index contributed by atoms with van der Waals surface area (Å²) in [4.78, 5) is 13.0. The fourth-order valence-corrected chi connectivity index (χ4v) is 5.35. The highest BCUT2D eigenvalue weighted by Crippen LogP contribution is 2.44. The minimum absolute atomic E-state index is 0.0258. The number of rotatable bonds is 3. The fraction of sp³-hybridized carbons (Fsp3) is 0.474. The minimum atomic E-state index is -3.46. The molecule has 0 bridgehead atoms. The number of anilines is 1. The molecule has 5 rings (SSSR count). The molecule has 2 aromatic rings. The first kappa shape index (κ1) is 17.7. The first-order chi connectivity index (χ1) is 13.3. The summed E-state index contributed by atoms with van der Waals surface area (Å²) in [6, 6.07) is 2.33. The second-order valence-corrected chi connectivity index (χ2v) is 9.59. The van der Waals surface area contributed by atoms with Gasteiger partial charge in [0.2, 0.25) is 5.88 Å². The van der Waals surface area contributed by atoms with Crippen molar-refractivity contribution < 1.29 is 13.7 Å². The van der Waals surface area contributed by atoms with Crippen LogP contribution in [0, 0.1) is 4.78 Å². The van der Waals surface area contributed by atoms with Gasteiger partial charge in [0.05, 0.1) is 12.7 Å². The van der Waals surface area contributed by atoms with E-state index < -0.39 is 16.0 Å². The first-order valence-electron chi connectivity index (χ1n) is 9.60. The van der Waals surface area contributed by atoms with E-state index in [4.69, 9.17) is 14.7 Å². The van der Waals surface area contributed by atoms with Crippen molar-refractivity contribution in [1.82, 2.24) is 9.78 Å². The smallest absolute Gasteiger partial charge is 0.267 e. The molecular formula is C19H23N5O3S. The molecule has 2 heterocycles. The summed E-state index contributed by atoms with van der Waals surface area (Å²) in [5.74, 6) is 0.332. The Balaban J connectivity index is 1.44. The van der Waals surface area contributed by atoms with Crippen molar-refractivity contribution in [1.29, 1.82) is 4.78 Å². The minimum Gasteiger partial charge on any atom is -0.461 e. The molecule has 0 spiro atoms. The van der Waals surface area contributed by atoms with Crippen LogP contribution < -0.4 is 15.2 Å².